The molecule has 3 rings (SSSR count). The smallest absolute Gasteiger partial charge is 0.0234 e. The van der Waals surface area contributed by atoms with Crippen LogP contribution in [-0.4, -0.2) is 136 Å². The molecular formula is C24H44N6. The molecule has 2 fully saturated rings. The molecule has 2 aliphatic heterocycles. The number of rotatable bonds is 4. The van der Waals surface area contributed by atoms with Gasteiger partial charge >= 0.3 is 0 Å². The molecule has 170 valence electrons. The second kappa shape index (κ2) is 12.1. The average Bonchev–Trinajstić information content (AvgIpc) is 2.87. The van der Waals surface area contributed by atoms with Gasteiger partial charge in [0.1, 0.15) is 0 Å². The highest BCUT2D eigenvalue weighted by atomic mass is 15.3. The summed E-state index contributed by atoms with van der Waals surface area (Å²) >= 11 is 0. The minimum Gasteiger partial charge on any atom is -0.304 e. The van der Waals surface area contributed by atoms with Gasteiger partial charge in [0.2, 0.25) is 0 Å². The molecule has 30 heavy (non-hydrogen) atoms. The van der Waals surface area contributed by atoms with E-state index in [9.17, 15) is 0 Å². The van der Waals surface area contributed by atoms with E-state index in [1.54, 1.807) is 0 Å². The van der Waals surface area contributed by atoms with Crippen molar-refractivity contribution in [3.8, 4) is 0 Å². The second-order valence-corrected chi connectivity index (χ2v) is 9.58. The lowest BCUT2D eigenvalue weighted by atomic mass is 10.1. The number of hydrogen-bond acceptors (Lipinski definition) is 6. The molecule has 6 heteroatoms. The lowest BCUT2D eigenvalue weighted by Gasteiger charge is -2.25. The largest absolute Gasteiger partial charge is 0.304 e. The van der Waals surface area contributed by atoms with Gasteiger partial charge in [0.15, 0.2) is 0 Å². The lowest BCUT2D eigenvalue weighted by molar-refractivity contribution is 0.226. The van der Waals surface area contributed by atoms with E-state index in [4.69, 9.17) is 0 Å². The normalized spacial score (nSPS) is 23.9. The molecule has 1 aromatic carbocycles. The van der Waals surface area contributed by atoms with Gasteiger partial charge in [-0.2, -0.15) is 0 Å². The Morgan fingerprint density at radius 3 is 0.933 bits per heavy atom. The summed E-state index contributed by atoms with van der Waals surface area (Å²) in [7, 11) is 8.98. The van der Waals surface area contributed by atoms with Crippen molar-refractivity contribution in [2.45, 2.75) is 13.1 Å². The van der Waals surface area contributed by atoms with Crippen LogP contribution in [0.2, 0.25) is 0 Å². The standard InChI is InChI=1S/C24H44N6/c1-25-9-10-26(2)14-18-29(17-13-25)21-23-5-7-24(8-6-23)22-30-19-15-27(3)11-12-28(4)16-20-30/h5-8H,9-22H2,1-4H3. The summed E-state index contributed by atoms with van der Waals surface area (Å²) in [6, 6.07) is 9.40. The van der Waals surface area contributed by atoms with Crippen LogP contribution in [0.3, 0.4) is 0 Å². The van der Waals surface area contributed by atoms with Gasteiger partial charge in [-0.15, -0.1) is 0 Å². The van der Waals surface area contributed by atoms with Gasteiger partial charge in [-0.3, -0.25) is 9.80 Å². The van der Waals surface area contributed by atoms with Crippen LogP contribution in [0.1, 0.15) is 11.1 Å². The van der Waals surface area contributed by atoms with E-state index in [-0.39, 0.29) is 0 Å². The van der Waals surface area contributed by atoms with Crippen molar-refractivity contribution >= 4 is 0 Å². The van der Waals surface area contributed by atoms with Gasteiger partial charge in [-0.05, 0) is 39.3 Å². The first-order valence-electron chi connectivity index (χ1n) is 11.7. The number of hydrogen-bond donors (Lipinski definition) is 0. The summed E-state index contributed by atoms with van der Waals surface area (Å²) in [5.41, 5.74) is 2.87. The van der Waals surface area contributed by atoms with Crippen LogP contribution in [0.15, 0.2) is 24.3 Å². The monoisotopic (exact) mass is 416 g/mol. The van der Waals surface area contributed by atoms with Crippen LogP contribution < -0.4 is 0 Å². The predicted molar refractivity (Wildman–Crippen MR) is 127 cm³/mol. The highest BCUT2D eigenvalue weighted by Crippen LogP contribution is 2.11. The number of nitrogens with zero attached hydrogens (tertiary/aromatic N) is 6. The second-order valence-electron chi connectivity index (χ2n) is 9.58. The zero-order valence-corrected chi connectivity index (χ0v) is 19.9. The van der Waals surface area contributed by atoms with Crippen molar-refractivity contribution in [3.05, 3.63) is 35.4 Å². The fraction of sp³-hybridized carbons (Fsp3) is 0.750. The molecule has 0 N–H and O–H groups in total. The predicted octanol–water partition coefficient (Wildman–Crippen LogP) is 1.05. The minimum atomic E-state index is 1.06. The van der Waals surface area contributed by atoms with Crippen LogP contribution in [0.4, 0.5) is 0 Å². The van der Waals surface area contributed by atoms with Crippen molar-refractivity contribution in [2.24, 2.45) is 0 Å². The summed E-state index contributed by atoms with van der Waals surface area (Å²) < 4.78 is 0. The van der Waals surface area contributed by atoms with E-state index < -0.39 is 0 Å². The maximum absolute atomic E-state index is 2.61. The molecular weight excluding hydrogens is 372 g/mol. The van der Waals surface area contributed by atoms with Crippen molar-refractivity contribution < 1.29 is 0 Å². The van der Waals surface area contributed by atoms with Gasteiger partial charge in [-0.1, -0.05) is 24.3 Å². The van der Waals surface area contributed by atoms with Crippen LogP contribution in [-0.2, 0) is 13.1 Å². The Morgan fingerprint density at radius 1 is 0.433 bits per heavy atom. The molecule has 2 heterocycles. The summed E-state index contributed by atoms with van der Waals surface area (Å²) in [6.45, 7) is 16.0. The Labute approximate surface area is 185 Å². The molecule has 0 unspecified atom stereocenters. The van der Waals surface area contributed by atoms with Crippen molar-refractivity contribution in [1.29, 1.82) is 0 Å². The first kappa shape index (κ1) is 23.6. The van der Waals surface area contributed by atoms with E-state index in [0.29, 0.717) is 0 Å². The molecule has 0 amide bonds. The summed E-state index contributed by atoms with van der Waals surface area (Å²) in [5, 5.41) is 0. The third kappa shape index (κ3) is 8.25. The molecule has 0 saturated carbocycles. The van der Waals surface area contributed by atoms with Crippen LogP contribution in [0.25, 0.3) is 0 Å². The molecule has 2 saturated heterocycles. The van der Waals surface area contributed by atoms with E-state index >= 15 is 0 Å². The Morgan fingerprint density at radius 2 is 0.667 bits per heavy atom. The van der Waals surface area contributed by atoms with E-state index in [2.05, 4.69) is 81.9 Å². The molecule has 0 bridgehead atoms. The van der Waals surface area contributed by atoms with Gasteiger partial charge < -0.3 is 19.6 Å². The third-order valence-corrected chi connectivity index (χ3v) is 6.75. The highest BCUT2D eigenvalue weighted by Gasteiger charge is 2.14. The van der Waals surface area contributed by atoms with Crippen LogP contribution in [0, 0.1) is 0 Å². The zero-order chi connectivity index (χ0) is 21.3. The molecule has 6 nitrogen and oxygen atoms in total. The maximum atomic E-state index is 2.61. The third-order valence-electron chi connectivity index (χ3n) is 6.75. The number of benzene rings is 1. The van der Waals surface area contributed by atoms with Crippen LogP contribution in [0.5, 0.6) is 0 Å². The van der Waals surface area contributed by atoms with E-state index in [0.717, 1.165) is 65.4 Å². The first-order chi connectivity index (χ1) is 14.5. The highest BCUT2D eigenvalue weighted by molar-refractivity contribution is 5.22. The van der Waals surface area contributed by atoms with Gasteiger partial charge in [0.05, 0.1) is 0 Å². The molecule has 0 spiro atoms. The van der Waals surface area contributed by atoms with Crippen LogP contribution >= 0.6 is 0 Å². The topological polar surface area (TPSA) is 19.4 Å². The Balaban J connectivity index is 1.53. The van der Waals surface area contributed by atoms with Crippen molar-refractivity contribution in [1.82, 2.24) is 29.4 Å². The fourth-order valence-electron chi connectivity index (χ4n) is 4.18. The molecule has 0 atom stereocenters. The zero-order valence-electron chi connectivity index (χ0n) is 19.9. The molecule has 0 aromatic heterocycles. The molecule has 1 aromatic rings. The summed E-state index contributed by atoms with van der Waals surface area (Å²) in [6.07, 6.45) is 0. The Bertz CT molecular complexity index is 525. The minimum absolute atomic E-state index is 1.06. The fourth-order valence-corrected chi connectivity index (χ4v) is 4.18. The molecule has 2 aliphatic rings. The van der Waals surface area contributed by atoms with Gasteiger partial charge in [0, 0.05) is 91.6 Å². The molecule has 0 aliphatic carbocycles. The summed E-state index contributed by atoms with van der Waals surface area (Å²) in [4.78, 5) is 15.1. The average molecular weight is 417 g/mol. The summed E-state index contributed by atoms with van der Waals surface area (Å²) in [5.74, 6) is 0. The Hall–Kier alpha value is -1.02. The van der Waals surface area contributed by atoms with Gasteiger partial charge in [0.25, 0.3) is 0 Å². The van der Waals surface area contributed by atoms with Crippen molar-refractivity contribution in [2.75, 3.05) is 107 Å². The molecule has 0 radical (unpaired) electrons. The van der Waals surface area contributed by atoms with Crippen molar-refractivity contribution in [3.63, 3.8) is 0 Å². The lowest BCUT2D eigenvalue weighted by Crippen LogP contribution is -2.34. The first-order valence-corrected chi connectivity index (χ1v) is 11.7. The SMILES string of the molecule is CN1CCN(C)CCN(Cc2ccc(CN3CCN(C)CCN(C)CC3)cc2)CC1. The number of likely N-dealkylation sites (N-methyl/N-ethyl adjacent to an activating group) is 4. The Kier molecular flexibility index (Phi) is 9.56. The van der Waals surface area contributed by atoms with Gasteiger partial charge in [-0.25, -0.2) is 0 Å². The van der Waals surface area contributed by atoms with E-state index in [1.807, 2.05) is 0 Å². The van der Waals surface area contributed by atoms with E-state index in [1.165, 1.54) is 37.3 Å². The quantitative estimate of drug-likeness (QED) is 0.726. The maximum Gasteiger partial charge on any atom is 0.0234 e.